The number of aryl methyl sites for hydroxylation is 1. The van der Waals surface area contributed by atoms with Gasteiger partial charge in [-0.1, -0.05) is 45.8 Å². The molecule has 0 amide bonds. The van der Waals surface area contributed by atoms with Crippen LogP contribution >= 0.6 is 34.5 Å². The van der Waals surface area contributed by atoms with E-state index in [1.165, 1.54) is 0 Å². The van der Waals surface area contributed by atoms with E-state index in [2.05, 4.69) is 15.4 Å². The lowest BCUT2D eigenvalue weighted by Crippen LogP contribution is -2.49. The molecule has 7 nitrogen and oxygen atoms in total. The third-order valence-corrected chi connectivity index (χ3v) is 10.3. The van der Waals surface area contributed by atoms with Gasteiger partial charge in [0, 0.05) is 41.7 Å². The molecule has 4 heterocycles. The molecule has 0 radical (unpaired) electrons. The average Bonchev–Trinajstić information content (AvgIpc) is 3.42. The summed E-state index contributed by atoms with van der Waals surface area (Å²) in [5.74, 6) is 0.486. The van der Waals surface area contributed by atoms with Gasteiger partial charge in [0.1, 0.15) is 11.5 Å². The number of nitrogens with one attached hydrogen (secondary N) is 1. The van der Waals surface area contributed by atoms with Crippen LogP contribution in [0.15, 0.2) is 34.9 Å². The highest BCUT2D eigenvalue weighted by Crippen LogP contribution is 2.47. The van der Waals surface area contributed by atoms with E-state index in [0.717, 1.165) is 82.0 Å². The van der Waals surface area contributed by atoms with Crippen LogP contribution in [-0.4, -0.2) is 39.3 Å². The molecule has 2 saturated heterocycles. The summed E-state index contributed by atoms with van der Waals surface area (Å²) >= 11 is 14.7. The van der Waals surface area contributed by atoms with Crippen molar-refractivity contribution in [2.45, 2.75) is 76.0 Å². The zero-order valence-electron chi connectivity index (χ0n) is 21.4. The lowest BCUT2D eigenvalue weighted by atomic mass is 9.97. The second-order valence-electron chi connectivity index (χ2n) is 11.0. The van der Waals surface area contributed by atoms with Crippen LogP contribution in [0.2, 0.25) is 10.0 Å². The summed E-state index contributed by atoms with van der Waals surface area (Å²) in [4.78, 5) is 19.0. The first-order valence-electron chi connectivity index (χ1n) is 13.5. The summed E-state index contributed by atoms with van der Waals surface area (Å²) in [5, 5.41) is 20.0. The number of carboxylic acid groups (broad SMARTS) is 1. The van der Waals surface area contributed by atoms with E-state index < -0.39 is 5.97 Å². The molecule has 2 bridgehead atoms. The van der Waals surface area contributed by atoms with E-state index in [1.54, 1.807) is 17.4 Å². The molecule has 2 aromatic carbocycles. The Bertz CT molecular complexity index is 1560. The number of aromatic carboxylic acids is 1. The Morgan fingerprint density at radius 3 is 2.51 bits per heavy atom. The first kappa shape index (κ1) is 25.3. The molecule has 4 aromatic rings. The van der Waals surface area contributed by atoms with Gasteiger partial charge in [-0.2, -0.15) is 0 Å². The number of rotatable bonds is 7. The van der Waals surface area contributed by atoms with Gasteiger partial charge < -0.3 is 19.8 Å². The van der Waals surface area contributed by atoms with Crippen molar-refractivity contribution in [1.29, 1.82) is 0 Å². The Labute approximate surface area is 240 Å². The Kier molecular flexibility index (Phi) is 6.34. The van der Waals surface area contributed by atoms with Crippen molar-refractivity contribution in [3.05, 3.63) is 62.8 Å². The number of anilines is 1. The summed E-state index contributed by atoms with van der Waals surface area (Å²) < 4.78 is 6.82. The van der Waals surface area contributed by atoms with E-state index in [0.29, 0.717) is 46.2 Å². The maximum absolute atomic E-state index is 11.6. The minimum Gasteiger partial charge on any atom is -0.478 e. The molecule has 2 atom stereocenters. The van der Waals surface area contributed by atoms with Crippen molar-refractivity contribution in [1.82, 2.24) is 15.5 Å². The van der Waals surface area contributed by atoms with Gasteiger partial charge in [0.25, 0.3) is 0 Å². The van der Waals surface area contributed by atoms with E-state index in [1.807, 2.05) is 31.2 Å². The number of hydrogen-bond acceptors (Lipinski definition) is 7. The van der Waals surface area contributed by atoms with Crippen LogP contribution in [0.4, 0.5) is 5.13 Å². The van der Waals surface area contributed by atoms with Gasteiger partial charge in [0.2, 0.25) is 0 Å². The quantitative estimate of drug-likeness (QED) is 0.234. The summed E-state index contributed by atoms with van der Waals surface area (Å²) in [7, 11) is 0. The largest absolute Gasteiger partial charge is 0.478 e. The number of fused-ring (bicyclic) bond motifs is 3. The lowest BCUT2D eigenvalue weighted by molar-refractivity contribution is 0.0696. The topological polar surface area (TPSA) is 91.5 Å². The van der Waals surface area contributed by atoms with Crippen molar-refractivity contribution >= 4 is 55.9 Å². The van der Waals surface area contributed by atoms with E-state index in [9.17, 15) is 9.90 Å². The molecule has 3 fully saturated rings. The van der Waals surface area contributed by atoms with Crippen LogP contribution < -0.4 is 10.2 Å². The number of carboxylic acids is 1. The average molecular weight is 584 g/mol. The molecule has 1 aliphatic carbocycles. The van der Waals surface area contributed by atoms with Gasteiger partial charge in [0.05, 0.1) is 25.8 Å². The van der Waals surface area contributed by atoms with Crippen LogP contribution in [-0.2, 0) is 6.54 Å². The van der Waals surface area contributed by atoms with Gasteiger partial charge in [-0.3, -0.25) is 0 Å². The highest BCUT2D eigenvalue weighted by Gasteiger charge is 2.42. The number of hydrogen-bond donors (Lipinski definition) is 2. The van der Waals surface area contributed by atoms with Crippen molar-refractivity contribution in [2.75, 3.05) is 4.90 Å². The fourth-order valence-corrected chi connectivity index (χ4v) is 8.22. The van der Waals surface area contributed by atoms with Gasteiger partial charge in [0.15, 0.2) is 5.13 Å². The van der Waals surface area contributed by atoms with Crippen LogP contribution in [0.25, 0.3) is 21.5 Å². The predicted octanol–water partition coefficient (Wildman–Crippen LogP) is 7.43. The van der Waals surface area contributed by atoms with Crippen molar-refractivity contribution in [2.24, 2.45) is 0 Å². The summed E-state index contributed by atoms with van der Waals surface area (Å²) in [6.07, 6.45) is 6.57. The van der Waals surface area contributed by atoms with Crippen LogP contribution in [0.3, 0.4) is 0 Å². The van der Waals surface area contributed by atoms with E-state index in [-0.39, 0.29) is 0 Å². The Hall–Kier alpha value is -2.65. The third-order valence-electron chi connectivity index (χ3n) is 8.51. The molecule has 2 aromatic heterocycles. The molecule has 3 aliphatic rings. The molecule has 39 heavy (non-hydrogen) atoms. The molecule has 2 aliphatic heterocycles. The molecule has 2 unspecified atom stereocenters. The fourth-order valence-electron chi connectivity index (χ4n) is 6.44. The zero-order valence-corrected chi connectivity index (χ0v) is 23.7. The smallest absolute Gasteiger partial charge is 0.336 e. The van der Waals surface area contributed by atoms with Gasteiger partial charge in [-0.25, -0.2) is 9.78 Å². The van der Waals surface area contributed by atoms with Crippen molar-refractivity contribution in [3.63, 3.8) is 0 Å². The molecule has 0 spiro atoms. The SMILES string of the molecule is Cc1c(C(=O)O)ccc2nc(N3C4CCC3CC(NCc3c(-c5c(Cl)cccc5Cl)noc3C3CC3)C4)sc12. The highest BCUT2D eigenvalue weighted by atomic mass is 35.5. The van der Waals surface area contributed by atoms with Gasteiger partial charge >= 0.3 is 5.97 Å². The highest BCUT2D eigenvalue weighted by molar-refractivity contribution is 7.22. The van der Waals surface area contributed by atoms with Crippen LogP contribution in [0, 0.1) is 6.92 Å². The normalized spacial score (nSPS) is 22.6. The summed E-state index contributed by atoms with van der Waals surface area (Å²) in [6.45, 7) is 2.54. The molecule has 7 rings (SSSR count). The molecule has 2 N–H and O–H groups in total. The molecule has 202 valence electrons. The Morgan fingerprint density at radius 1 is 1.13 bits per heavy atom. The minimum atomic E-state index is -0.895. The number of halogens is 2. The summed E-state index contributed by atoms with van der Waals surface area (Å²) in [5.41, 5.74) is 4.56. The monoisotopic (exact) mass is 582 g/mol. The number of nitrogens with zero attached hydrogens (tertiary/aromatic N) is 3. The number of aromatic nitrogens is 2. The maximum atomic E-state index is 11.6. The number of benzene rings is 2. The standard InChI is InChI=1S/C29H28Cl2N4O3S/c1-14-19(28(36)37)9-10-23-27(14)39-29(33-23)35-17-7-8-18(35)12-16(11-17)32-13-20-25(34-38-26(20)15-5-6-15)24-21(30)3-2-4-22(24)31/h2-4,9-10,15-18,32H,5-8,11-13H2,1H3,(H,36,37). The third kappa shape index (κ3) is 4.42. The second-order valence-corrected chi connectivity index (χ2v) is 12.8. The van der Waals surface area contributed by atoms with Gasteiger partial charge in [-0.15, -0.1) is 0 Å². The predicted molar refractivity (Wildman–Crippen MR) is 154 cm³/mol. The molecular formula is C29H28Cl2N4O3S. The number of thiazole rings is 1. The van der Waals surface area contributed by atoms with E-state index >= 15 is 0 Å². The first-order valence-corrected chi connectivity index (χ1v) is 15.0. The van der Waals surface area contributed by atoms with Gasteiger partial charge in [-0.05, 0) is 75.3 Å². The minimum absolute atomic E-state index is 0.348. The fraction of sp³-hybridized carbons (Fsp3) is 0.414. The second kappa shape index (κ2) is 9.77. The van der Waals surface area contributed by atoms with Crippen LogP contribution in [0.5, 0.6) is 0 Å². The lowest BCUT2D eigenvalue weighted by Gasteiger charge is -2.39. The zero-order chi connectivity index (χ0) is 26.8. The van der Waals surface area contributed by atoms with Crippen LogP contribution in [0.1, 0.15) is 71.7 Å². The Balaban J connectivity index is 1.11. The Morgan fingerprint density at radius 2 is 1.85 bits per heavy atom. The molecule has 10 heteroatoms. The van der Waals surface area contributed by atoms with E-state index in [4.69, 9.17) is 32.7 Å². The molecular weight excluding hydrogens is 555 g/mol. The van der Waals surface area contributed by atoms with Crippen molar-refractivity contribution in [3.8, 4) is 11.3 Å². The first-order chi connectivity index (χ1) is 18.9. The number of carbonyl (C=O) groups is 1. The maximum Gasteiger partial charge on any atom is 0.336 e. The molecule has 1 saturated carbocycles. The van der Waals surface area contributed by atoms with Crippen molar-refractivity contribution < 1.29 is 14.4 Å². The number of piperidine rings is 1. The summed E-state index contributed by atoms with van der Waals surface area (Å²) in [6, 6.07) is 10.2.